The van der Waals surface area contributed by atoms with Gasteiger partial charge in [0.2, 0.25) is 5.78 Å². The van der Waals surface area contributed by atoms with Crippen molar-refractivity contribution >= 4 is 35.6 Å². The Morgan fingerprint density at radius 2 is 1.43 bits per heavy atom. The molecular formula is C47H50FNO14. The van der Waals surface area contributed by atoms with Crippen LogP contribution >= 0.6 is 0 Å². The molecule has 5 aliphatic rings. The third-order valence-electron chi connectivity index (χ3n) is 13.6. The minimum atomic E-state index is -2.77. The monoisotopic (exact) mass is 871 g/mol. The maximum atomic E-state index is 15.7. The number of carbonyl (C=O) groups excluding carboxylic acids is 6. The minimum Gasteiger partial charge on any atom is -0.456 e. The molecule has 0 aromatic heterocycles. The number of benzene rings is 3. The van der Waals surface area contributed by atoms with Crippen molar-refractivity contribution in [3.63, 3.8) is 0 Å². The average molecular weight is 872 g/mol. The van der Waals surface area contributed by atoms with Crippen LogP contribution in [0.5, 0.6) is 0 Å². The zero-order chi connectivity index (χ0) is 46.0. The smallest absolute Gasteiger partial charge is 0.338 e. The number of carbonyl (C=O) groups is 6. The van der Waals surface area contributed by atoms with Gasteiger partial charge >= 0.3 is 23.9 Å². The van der Waals surface area contributed by atoms with E-state index in [1.165, 1.54) is 58.9 Å². The summed E-state index contributed by atoms with van der Waals surface area (Å²) in [6.45, 7) is 9.38. The Morgan fingerprint density at radius 3 is 2.02 bits per heavy atom. The van der Waals surface area contributed by atoms with Gasteiger partial charge in [-0.1, -0.05) is 62.4 Å². The van der Waals surface area contributed by atoms with Gasteiger partial charge in [0, 0.05) is 43.2 Å². The Bertz CT molecular complexity index is 2370. The number of nitrogens with one attached hydrogen (secondary N) is 1. The van der Waals surface area contributed by atoms with Crippen molar-refractivity contribution in [1.82, 2.24) is 5.32 Å². The highest BCUT2D eigenvalue weighted by molar-refractivity contribution is 5.99. The Balaban J connectivity index is 1.41. The largest absolute Gasteiger partial charge is 0.456 e. The van der Waals surface area contributed by atoms with Gasteiger partial charge in [0.05, 0.1) is 29.0 Å². The molecule has 16 heteroatoms. The van der Waals surface area contributed by atoms with Crippen LogP contribution in [0.25, 0.3) is 0 Å². The van der Waals surface area contributed by atoms with Crippen molar-refractivity contribution in [2.45, 2.75) is 115 Å². The average Bonchev–Trinajstić information content (AvgIpc) is 3.33. The second-order valence-electron chi connectivity index (χ2n) is 17.7. The quantitative estimate of drug-likeness (QED) is 0.127. The molecule has 4 fully saturated rings. The molecule has 11 atom stereocenters. The first-order chi connectivity index (χ1) is 29.5. The van der Waals surface area contributed by atoms with Crippen molar-refractivity contribution in [1.29, 1.82) is 0 Å². The van der Waals surface area contributed by atoms with Crippen LogP contribution in [0.1, 0.15) is 93.6 Å². The van der Waals surface area contributed by atoms with Crippen LogP contribution in [-0.2, 0) is 42.9 Å². The molecule has 63 heavy (non-hydrogen) atoms. The summed E-state index contributed by atoms with van der Waals surface area (Å²) >= 11 is 0. The van der Waals surface area contributed by atoms with Gasteiger partial charge in [-0.15, -0.1) is 0 Å². The van der Waals surface area contributed by atoms with Crippen LogP contribution in [0.4, 0.5) is 4.39 Å². The van der Waals surface area contributed by atoms with Crippen LogP contribution in [0.15, 0.2) is 96.1 Å². The molecule has 8 rings (SSSR count). The van der Waals surface area contributed by atoms with Gasteiger partial charge in [0.1, 0.15) is 35.3 Å². The Hall–Kier alpha value is -5.81. The SMILES string of the molecule is CC(=O)O[C@@]12O[C@@H]3C[C@H](O)[C@@](C)(C1=O)[C@H]([C@H](OC(=O)c1ccccc1)[C@]1(O)C[C@H](OC(=O)[C@H](O)[C@@H](NC(=O)c4ccc(F)cc4)c4ccccc4)C(C)=C2C1(C)C)[C@@]3(C)OC(C)=O. The molecule has 2 saturated heterocycles. The van der Waals surface area contributed by atoms with E-state index in [0.717, 1.165) is 26.0 Å². The Labute approximate surface area is 362 Å². The molecule has 3 aromatic rings. The van der Waals surface area contributed by atoms with Gasteiger partial charge in [-0.25, -0.2) is 14.0 Å². The van der Waals surface area contributed by atoms with Crippen LogP contribution in [-0.4, -0.2) is 98.4 Å². The van der Waals surface area contributed by atoms with E-state index in [1.54, 1.807) is 48.5 Å². The zero-order valence-electron chi connectivity index (χ0n) is 35.7. The topological polar surface area (TPSA) is 221 Å². The first kappa shape index (κ1) is 45.2. The van der Waals surface area contributed by atoms with Gasteiger partial charge in [0.15, 0.2) is 6.10 Å². The van der Waals surface area contributed by atoms with E-state index in [0.29, 0.717) is 0 Å². The number of ketones is 1. The molecule has 1 amide bonds. The number of Topliss-reactive ketones (excluding diaryl/α,β-unsaturated/α-hetero) is 1. The van der Waals surface area contributed by atoms with Gasteiger partial charge in [-0.05, 0) is 68.3 Å². The lowest BCUT2D eigenvalue weighted by Gasteiger charge is -2.62. The van der Waals surface area contributed by atoms with E-state index < -0.39 is 118 Å². The van der Waals surface area contributed by atoms with Crippen LogP contribution in [0.3, 0.4) is 0 Å². The molecular weight excluding hydrogens is 822 g/mol. The number of hydrogen-bond donors (Lipinski definition) is 4. The van der Waals surface area contributed by atoms with Gasteiger partial charge in [-0.2, -0.15) is 0 Å². The number of esters is 4. The van der Waals surface area contributed by atoms with E-state index in [-0.39, 0.29) is 34.3 Å². The summed E-state index contributed by atoms with van der Waals surface area (Å²) in [6.07, 6.45) is -9.61. The number of aliphatic hydroxyl groups is 3. The summed E-state index contributed by atoms with van der Waals surface area (Å²) in [4.78, 5) is 84.1. The second kappa shape index (κ2) is 16.1. The van der Waals surface area contributed by atoms with E-state index in [4.69, 9.17) is 23.7 Å². The summed E-state index contributed by atoms with van der Waals surface area (Å²) in [5.41, 5.74) is -8.23. The number of rotatable bonds is 10. The highest BCUT2D eigenvalue weighted by Crippen LogP contribution is 2.67. The molecule has 3 aliphatic carbocycles. The van der Waals surface area contributed by atoms with E-state index in [2.05, 4.69) is 5.32 Å². The lowest BCUT2D eigenvalue weighted by molar-refractivity contribution is -0.266. The standard InChI is InChI=1S/C47H50FNO14/c1-24-31(59-41(56)35(53)34(27-14-10-8-11-15-27)49-39(54)28-18-20-30(48)21-19-28)23-46(58)38(60-40(55)29-16-12-9-13-17-29)37-44(6)32(52)22-33(45(37,7)61-25(2)50)63-47(42(44)57,62-26(3)51)36(24)43(46,4)5/h8-21,31-35,37-38,52-53,58H,22-23H2,1-7H3,(H,49,54)/t31-,32-,33+,34-,35+,37-,38-,44+,45-,46+,47-/m0/s1. The fourth-order valence-corrected chi connectivity index (χ4v) is 10.5. The maximum Gasteiger partial charge on any atom is 0.338 e. The van der Waals surface area contributed by atoms with Gasteiger partial charge < -0.3 is 44.3 Å². The van der Waals surface area contributed by atoms with E-state index in [1.807, 2.05) is 0 Å². The van der Waals surface area contributed by atoms with Crippen molar-refractivity contribution < 1.29 is 72.2 Å². The summed E-state index contributed by atoms with van der Waals surface area (Å²) in [5, 5.41) is 40.1. The summed E-state index contributed by atoms with van der Waals surface area (Å²) < 4.78 is 44.9. The first-order valence-corrected chi connectivity index (χ1v) is 20.5. The number of aliphatic hydroxyl groups excluding tert-OH is 2. The van der Waals surface area contributed by atoms with Crippen molar-refractivity contribution in [2.24, 2.45) is 16.7 Å². The first-order valence-electron chi connectivity index (χ1n) is 20.5. The second-order valence-corrected chi connectivity index (χ2v) is 17.7. The van der Waals surface area contributed by atoms with E-state index in [9.17, 15) is 43.7 Å². The molecule has 6 bridgehead atoms. The van der Waals surface area contributed by atoms with Crippen molar-refractivity contribution in [3.8, 4) is 0 Å². The number of amides is 1. The Morgan fingerprint density at radius 1 is 0.841 bits per heavy atom. The molecule has 4 N–H and O–H groups in total. The van der Waals surface area contributed by atoms with Crippen molar-refractivity contribution in [3.05, 3.63) is 119 Å². The predicted octanol–water partition coefficient (Wildman–Crippen LogP) is 4.22. The molecule has 2 heterocycles. The molecule has 15 nitrogen and oxygen atoms in total. The number of halogens is 1. The fraction of sp³-hybridized carbons (Fsp3) is 0.447. The summed E-state index contributed by atoms with van der Waals surface area (Å²) in [7, 11) is 0. The molecule has 2 aliphatic heterocycles. The maximum absolute atomic E-state index is 15.7. The van der Waals surface area contributed by atoms with Crippen molar-refractivity contribution in [2.75, 3.05) is 0 Å². The highest BCUT2D eigenvalue weighted by atomic mass is 19.1. The van der Waals surface area contributed by atoms with Gasteiger partial charge in [-0.3, -0.25) is 19.2 Å². The van der Waals surface area contributed by atoms with Crippen LogP contribution < -0.4 is 5.32 Å². The lowest BCUT2D eigenvalue weighted by atomic mass is 9.46. The summed E-state index contributed by atoms with van der Waals surface area (Å²) in [5.74, 6) is -10.9. The van der Waals surface area contributed by atoms with Crippen LogP contribution in [0.2, 0.25) is 0 Å². The number of fused-ring (bicyclic) bond motifs is 3. The van der Waals surface area contributed by atoms with Gasteiger partial charge in [0.25, 0.3) is 11.7 Å². The summed E-state index contributed by atoms with van der Waals surface area (Å²) in [6, 6.07) is 18.9. The molecule has 0 spiro atoms. The zero-order valence-corrected chi connectivity index (χ0v) is 35.7. The lowest BCUT2D eigenvalue weighted by Crippen LogP contribution is -2.76. The molecule has 334 valence electrons. The number of ether oxygens (including phenoxy) is 5. The number of hydrogen-bond acceptors (Lipinski definition) is 14. The third kappa shape index (κ3) is 7.22. The molecule has 3 aromatic carbocycles. The molecule has 0 radical (unpaired) electrons. The normalized spacial score (nSPS) is 32.6. The van der Waals surface area contributed by atoms with E-state index >= 15 is 4.79 Å². The third-order valence-corrected chi connectivity index (χ3v) is 13.6. The minimum absolute atomic E-state index is 0.0199. The Kier molecular flexibility index (Phi) is 11.5. The molecule has 2 saturated carbocycles. The molecule has 0 unspecified atom stereocenters. The fourth-order valence-electron chi connectivity index (χ4n) is 10.5. The highest BCUT2D eigenvalue weighted by Gasteiger charge is 2.82. The van der Waals surface area contributed by atoms with Crippen LogP contribution in [0, 0.1) is 22.6 Å². The predicted molar refractivity (Wildman–Crippen MR) is 217 cm³/mol.